The van der Waals surface area contributed by atoms with Gasteiger partial charge in [-0.1, -0.05) is 31.0 Å². The summed E-state index contributed by atoms with van der Waals surface area (Å²) < 4.78 is 24.0. The van der Waals surface area contributed by atoms with Crippen molar-refractivity contribution in [2.75, 3.05) is 18.8 Å². The molecule has 0 fully saturated rings. The number of hydrogen-bond acceptors (Lipinski definition) is 3. The van der Waals surface area contributed by atoms with Crippen LogP contribution in [0.4, 0.5) is 0 Å². The van der Waals surface area contributed by atoms with E-state index in [0.717, 1.165) is 31.5 Å². The number of aryl methyl sites for hydroxylation is 1. The van der Waals surface area contributed by atoms with E-state index in [1.54, 1.807) is 12.1 Å². The molecule has 1 aromatic carbocycles. The van der Waals surface area contributed by atoms with Gasteiger partial charge in [-0.2, -0.15) is 0 Å². The standard InChI is InChI=1S/C14H23NO2S/c1-3-4-10-15-11-5-12-18(16,17)14-8-6-13(2)7-9-14/h6-9,15H,3-5,10-12H2,1-2H3. The Morgan fingerprint density at radius 3 is 2.28 bits per heavy atom. The first kappa shape index (κ1) is 15.2. The van der Waals surface area contributed by atoms with Crippen LogP contribution < -0.4 is 5.32 Å². The minimum Gasteiger partial charge on any atom is -0.317 e. The quantitative estimate of drug-likeness (QED) is 0.738. The molecule has 0 heterocycles. The van der Waals surface area contributed by atoms with E-state index in [0.29, 0.717) is 11.3 Å². The molecule has 0 aromatic heterocycles. The second-order valence-corrected chi connectivity index (χ2v) is 6.70. The fourth-order valence-corrected chi connectivity index (χ4v) is 2.99. The van der Waals surface area contributed by atoms with Crippen LogP contribution >= 0.6 is 0 Å². The van der Waals surface area contributed by atoms with Crippen molar-refractivity contribution in [2.24, 2.45) is 0 Å². The summed E-state index contributed by atoms with van der Waals surface area (Å²) >= 11 is 0. The summed E-state index contributed by atoms with van der Waals surface area (Å²) in [4.78, 5) is 0.432. The van der Waals surface area contributed by atoms with Crippen LogP contribution in [0.3, 0.4) is 0 Å². The maximum Gasteiger partial charge on any atom is 0.178 e. The van der Waals surface area contributed by atoms with Gasteiger partial charge in [-0.15, -0.1) is 0 Å². The largest absolute Gasteiger partial charge is 0.317 e. The van der Waals surface area contributed by atoms with E-state index in [-0.39, 0.29) is 5.75 Å². The van der Waals surface area contributed by atoms with E-state index in [9.17, 15) is 8.42 Å². The minimum atomic E-state index is -3.11. The molecule has 1 rings (SSSR count). The Labute approximate surface area is 111 Å². The molecule has 0 atom stereocenters. The third-order valence-electron chi connectivity index (χ3n) is 2.85. The van der Waals surface area contributed by atoms with E-state index in [4.69, 9.17) is 0 Å². The van der Waals surface area contributed by atoms with E-state index < -0.39 is 9.84 Å². The third-order valence-corrected chi connectivity index (χ3v) is 4.67. The molecule has 18 heavy (non-hydrogen) atoms. The smallest absolute Gasteiger partial charge is 0.178 e. The SMILES string of the molecule is CCCCNCCCS(=O)(=O)c1ccc(C)cc1. The molecule has 0 radical (unpaired) electrons. The molecule has 0 saturated heterocycles. The topological polar surface area (TPSA) is 46.2 Å². The van der Waals surface area contributed by atoms with Crippen molar-refractivity contribution >= 4 is 9.84 Å². The van der Waals surface area contributed by atoms with Gasteiger partial charge in [0.1, 0.15) is 0 Å². The Bertz CT molecular complexity index is 437. The van der Waals surface area contributed by atoms with Crippen LogP contribution in [0, 0.1) is 6.92 Å². The van der Waals surface area contributed by atoms with Gasteiger partial charge in [0.15, 0.2) is 9.84 Å². The van der Waals surface area contributed by atoms with Gasteiger partial charge < -0.3 is 5.32 Å². The second kappa shape index (κ2) is 7.54. The number of rotatable bonds is 8. The van der Waals surface area contributed by atoms with Crippen molar-refractivity contribution in [1.82, 2.24) is 5.32 Å². The molecular weight excluding hydrogens is 246 g/mol. The van der Waals surface area contributed by atoms with Gasteiger partial charge in [-0.05, 0) is 45.0 Å². The summed E-state index contributed by atoms with van der Waals surface area (Å²) in [5.74, 6) is 0.217. The zero-order valence-electron chi connectivity index (χ0n) is 11.3. The third kappa shape index (κ3) is 5.19. The van der Waals surface area contributed by atoms with Crippen LogP contribution in [-0.4, -0.2) is 27.3 Å². The highest BCUT2D eigenvalue weighted by molar-refractivity contribution is 7.91. The number of sulfone groups is 1. The Balaban J connectivity index is 2.38. The molecule has 1 N–H and O–H groups in total. The number of benzene rings is 1. The van der Waals surface area contributed by atoms with Crippen molar-refractivity contribution in [3.8, 4) is 0 Å². The summed E-state index contributed by atoms with van der Waals surface area (Å²) in [6.07, 6.45) is 2.97. The van der Waals surface area contributed by atoms with Crippen molar-refractivity contribution in [3.05, 3.63) is 29.8 Å². The molecule has 0 aliphatic heterocycles. The Morgan fingerprint density at radius 2 is 1.67 bits per heavy atom. The zero-order chi connectivity index (χ0) is 13.4. The summed E-state index contributed by atoms with van der Waals surface area (Å²) in [6.45, 7) is 5.84. The normalized spacial score (nSPS) is 11.7. The fourth-order valence-electron chi connectivity index (χ4n) is 1.68. The van der Waals surface area contributed by atoms with Gasteiger partial charge in [0.2, 0.25) is 0 Å². The fraction of sp³-hybridized carbons (Fsp3) is 0.571. The summed E-state index contributed by atoms with van der Waals surface area (Å²) in [5, 5.41) is 3.26. The molecule has 0 spiro atoms. The van der Waals surface area contributed by atoms with Crippen LogP contribution in [0.15, 0.2) is 29.2 Å². The predicted octanol–water partition coefficient (Wildman–Crippen LogP) is 2.55. The number of nitrogens with one attached hydrogen (secondary N) is 1. The van der Waals surface area contributed by atoms with E-state index in [2.05, 4.69) is 12.2 Å². The Kier molecular flexibility index (Phi) is 6.36. The summed E-state index contributed by atoms with van der Waals surface area (Å²) in [7, 11) is -3.11. The Hall–Kier alpha value is -0.870. The van der Waals surface area contributed by atoms with Gasteiger partial charge in [0.05, 0.1) is 10.6 Å². The van der Waals surface area contributed by atoms with E-state index >= 15 is 0 Å². The number of unbranched alkanes of at least 4 members (excludes halogenated alkanes) is 1. The van der Waals surface area contributed by atoms with E-state index in [1.165, 1.54) is 0 Å². The highest BCUT2D eigenvalue weighted by Gasteiger charge is 2.13. The van der Waals surface area contributed by atoms with Crippen LogP contribution in [0.1, 0.15) is 31.7 Å². The average Bonchev–Trinajstić information content (AvgIpc) is 2.34. The monoisotopic (exact) mass is 269 g/mol. The first-order chi connectivity index (χ1) is 8.56. The highest BCUT2D eigenvalue weighted by Crippen LogP contribution is 2.12. The van der Waals surface area contributed by atoms with Gasteiger partial charge >= 0.3 is 0 Å². The lowest BCUT2D eigenvalue weighted by Gasteiger charge is -2.06. The Morgan fingerprint density at radius 1 is 1.06 bits per heavy atom. The molecule has 0 saturated carbocycles. The number of hydrogen-bond donors (Lipinski definition) is 1. The summed E-state index contributed by atoms with van der Waals surface area (Å²) in [5.41, 5.74) is 1.08. The summed E-state index contributed by atoms with van der Waals surface area (Å²) in [6, 6.07) is 7.06. The lowest BCUT2D eigenvalue weighted by atomic mass is 10.2. The van der Waals surface area contributed by atoms with Gasteiger partial charge in [-0.25, -0.2) is 8.42 Å². The van der Waals surface area contributed by atoms with Crippen molar-refractivity contribution in [2.45, 2.75) is 38.0 Å². The molecule has 102 valence electrons. The van der Waals surface area contributed by atoms with Gasteiger partial charge in [0, 0.05) is 0 Å². The maximum atomic E-state index is 12.0. The molecule has 1 aromatic rings. The molecular formula is C14H23NO2S. The lowest BCUT2D eigenvalue weighted by Crippen LogP contribution is -2.19. The van der Waals surface area contributed by atoms with Gasteiger partial charge in [-0.3, -0.25) is 0 Å². The molecule has 0 aliphatic carbocycles. The molecule has 0 amide bonds. The van der Waals surface area contributed by atoms with Crippen molar-refractivity contribution in [1.29, 1.82) is 0 Å². The predicted molar refractivity (Wildman–Crippen MR) is 75.6 cm³/mol. The first-order valence-electron chi connectivity index (χ1n) is 6.56. The van der Waals surface area contributed by atoms with Crippen LogP contribution in [0.25, 0.3) is 0 Å². The van der Waals surface area contributed by atoms with E-state index in [1.807, 2.05) is 19.1 Å². The van der Waals surface area contributed by atoms with Crippen molar-refractivity contribution in [3.63, 3.8) is 0 Å². The lowest BCUT2D eigenvalue weighted by molar-refractivity contribution is 0.586. The highest BCUT2D eigenvalue weighted by atomic mass is 32.2. The molecule has 0 bridgehead atoms. The second-order valence-electron chi connectivity index (χ2n) is 4.59. The van der Waals surface area contributed by atoms with Crippen LogP contribution in [-0.2, 0) is 9.84 Å². The average molecular weight is 269 g/mol. The molecule has 3 nitrogen and oxygen atoms in total. The zero-order valence-corrected chi connectivity index (χ0v) is 12.1. The molecule has 0 unspecified atom stereocenters. The maximum absolute atomic E-state index is 12.0. The van der Waals surface area contributed by atoms with Crippen molar-refractivity contribution < 1.29 is 8.42 Å². The van der Waals surface area contributed by atoms with Crippen LogP contribution in [0.2, 0.25) is 0 Å². The first-order valence-corrected chi connectivity index (χ1v) is 8.21. The molecule has 4 heteroatoms. The van der Waals surface area contributed by atoms with Gasteiger partial charge in [0.25, 0.3) is 0 Å². The van der Waals surface area contributed by atoms with Crippen LogP contribution in [0.5, 0.6) is 0 Å². The molecule has 0 aliphatic rings. The minimum absolute atomic E-state index is 0.217.